The van der Waals surface area contributed by atoms with Crippen molar-refractivity contribution >= 4 is 39.0 Å². The summed E-state index contributed by atoms with van der Waals surface area (Å²) in [5, 5.41) is 1.44. The highest BCUT2D eigenvalue weighted by molar-refractivity contribution is 7.19. The number of nitrogens with zero attached hydrogens (tertiary/aromatic N) is 3. The van der Waals surface area contributed by atoms with E-state index in [1.54, 1.807) is 18.4 Å². The third-order valence-electron chi connectivity index (χ3n) is 6.34. The highest BCUT2D eigenvalue weighted by Crippen LogP contribution is 2.43. The van der Waals surface area contributed by atoms with E-state index < -0.39 is 0 Å². The van der Waals surface area contributed by atoms with Gasteiger partial charge >= 0.3 is 0 Å². The van der Waals surface area contributed by atoms with Crippen molar-refractivity contribution in [3.63, 3.8) is 0 Å². The number of benzene rings is 2. The maximum absolute atomic E-state index is 6.37. The molecule has 4 aromatic rings. The van der Waals surface area contributed by atoms with Crippen LogP contribution < -0.4 is 9.64 Å². The van der Waals surface area contributed by atoms with E-state index in [1.807, 2.05) is 12.1 Å². The molecule has 0 aliphatic carbocycles. The largest absolute Gasteiger partial charge is 0.497 e. The normalized spacial score (nSPS) is 14.8. The number of aromatic nitrogens is 2. The molecule has 0 bridgehead atoms. The summed E-state index contributed by atoms with van der Waals surface area (Å²) in [6.07, 6.45) is 3.45. The highest BCUT2D eigenvalue weighted by atomic mass is 35.5. The Labute approximate surface area is 197 Å². The molecule has 1 saturated heterocycles. The van der Waals surface area contributed by atoms with E-state index in [9.17, 15) is 0 Å². The summed E-state index contributed by atoms with van der Waals surface area (Å²) in [7, 11) is 1.69. The molecule has 2 aromatic heterocycles. The summed E-state index contributed by atoms with van der Waals surface area (Å²) in [5.41, 5.74) is 3.78. The maximum Gasteiger partial charge on any atom is 0.225 e. The number of methoxy groups -OCH3 is 1. The lowest BCUT2D eigenvalue weighted by molar-refractivity contribution is 0.403. The molecule has 0 atom stereocenters. The number of hydrogen-bond acceptors (Lipinski definition) is 5. The molecule has 32 heavy (non-hydrogen) atoms. The van der Waals surface area contributed by atoms with Crippen molar-refractivity contribution in [3.05, 3.63) is 70.3 Å². The van der Waals surface area contributed by atoms with Crippen LogP contribution in [0.1, 0.15) is 23.3 Å². The number of piperidine rings is 1. The molecule has 0 saturated carbocycles. The molecule has 0 radical (unpaired) electrons. The summed E-state index contributed by atoms with van der Waals surface area (Å²) in [6, 6.07) is 19.0. The van der Waals surface area contributed by atoms with Crippen molar-refractivity contribution in [1.29, 1.82) is 0 Å². The zero-order valence-electron chi connectivity index (χ0n) is 18.3. The number of halogens is 1. The van der Waals surface area contributed by atoms with Gasteiger partial charge in [0.25, 0.3) is 0 Å². The van der Waals surface area contributed by atoms with Crippen molar-refractivity contribution in [3.8, 4) is 16.9 Å². The van der Waals surface area contributed by atoms with Crippen LogP contribution in [0.4, 0.5) is 5.82 Å². The molecule has 0 spiro atoms. The molecule has 0 amide bonds. The van der Waals surface area contributed by atoms with Crippen molar-refractivity contribution in [2.24, 2.45) is 5.92 Å². The monoisotopic (exact) mass is 463 g/mol. The van der Waals surface area contributed by atoms with Crippen LogP contribution in [0, 0.1) is 12.8 Å². The molecule has 0 unspecified atom stereocenters. The molecule has 5 rings (SSSR count). The van der Waals surface area contributed by atoms with Crippen molar-refractivity contribution in [1.82, 2.24) is 9.97 Å². The first-order valence-electron chi connectivity index (χ1n) is 11.0. The van der Waals surface area contributed by atoms with Gasteiger partial charge in [-0.15, -0.1) is 11.3 Å². The van der Waals surface area contributed by atoms with Crippen molar-refractivity contribution in [2.75, 3.05) is 25.1 Å². The minimum absolute atomic E-state index is 0.321. The number of hydrogen-bond donors (Lipinski definition) is 0. The van der Waals surface area contributed by atoms with E-state index in [2.05, 4.69) is 59.3 Å². The van der Waals surface area contributed by atoms with Gasteiger partial charge in [-0.25, -0.2) is 4.98 Å². The van der Waals surface area contributed by atoms with Crippen LogP contribution in [-0.4, -0.2) is 30.2 Å². The van der Waals surface area contributed by atoms with E-state index in [0.717, 1.165) is 59.7 Å². The summed E-state index contributed by atoms with van der Waals surface area (Å²) in [4.78, 5) is 13.9. The van der Waals surface area contributed by atoms with Crippen LogP contribution in [0.5, 0.6) is 5.75 Å². The molecule has 3 heterocycles. The summed E-state index contributed by atoms with van der Waals surface area (Å²) >= 11 is 8.05. The van der Waals surface area contributed by atoms with Gasteiger partial charge in [-0.2, -0.15) is 4.98 Å². The van der Waals surface area contributed by atoms with Gasteiger partial charge in [0.05, 0.1) is 12.5 Å². The lowest BCUT2D eigenvalue weighted by Crippen LogP contribution is -2.35. The first kappa shape index (κ1) is 21.2. The Balaban J connectivity index is 1.46. The Morgan fingerprint density at radius 1 is 1.03 bits per heavy atom. The Hall–Kier alpha value is -2.63. The second kappa shape index (κ2) is 9.08. The first-order chi connectivity index (χ1) is 15.6. The van der Waals surface area contributed by atoms with Gasteiger partial charge in [-0.1, -0.05) is 42.5 Å². The van der Waals surface area contributed by atoms with Gasteiger partial charge in [0.1, 0.15) is 16.4 Å². The summed E-state index contributed by atoms with van der Waals surface area (Å²) in [5.74, 6) is 2.52. The summed E-state index contributed by atoms with van der Waals surface area (Å²) < 4.78 is 5.34. The predicted molar refractivity (Wildman–Crippen MR) is 134 cm³/mol. The lowest BCUT2D eigenvalue weighted by atomic mass is 9.90. The quantitative estimate of drug-likeness (QED) is 0.305. The number of ether oxygens (including phenoxy) is 1. The number of anilines is 1. The van der Waals surface area contributed by atoms with E-state index in [1.165, 1.54) is 16.0 Å². The Morgan fingerprint density at radius 3 is 2.44 bits per heavy atom. The van der Waals surface area contributed by atoms with E-state index in [0.29, 0.717) is 11.2 Å². The molecule has 1 aliphatic rings. The second-order valence-corrected chi connectivity index (χ2v) is 9.92. The fourth-order valence-electron chi connectivity index (χ4n) is 4.70. The van der Waals surface area contributed by atoms with Crippen LogP contribution in [0.2, 0.25) is 5.28 Å². The van der Waals surface area contributed by atoms with Crippen LogP contribution in [0.3, 0.4) is 0 Å². The molecule has 1 fully saturated rings. The van der Waals surface area contributed by atoms with Gasteiger partial charge in [0.15, 0.2) is 0 Å². The lowest BCUT2D eigenvalue weighted by Gasteiger charge is -2.33. The minimum Gasteiger partial charge on any atom is -0.497 e. The van der Waals surface area contributed by atoms with Gasteiger partial charge < -0.3 is 9.64 Å². The number of aryl methyl sites for hydroxylation is 1. The fourth-order valence-corrected chi connectivity index (χ4v) is 5.95. The van der Waals surface area contributed by atoms with Crippen molar-refractivity contribution in [2.45, 2.75) is 26.2 Å². The molecule has 0 N–H and O–H groups in total. The molecular weight excluding hydrogens is 438 g/mol. The SMILES string of the molecule is COc1ccc(-c2c(C)sc3nc(Cl)nc(N4CCC(Cc5ccccc5)CC4)c23)cc1. The molecular formula is C26H26ClN3OS. The maximum atomic E-state index is 6.37. The Morgan fingerprint density at radius 2 is 1.75 bits per heavy atom. The average Bonchev–Trinajstić information content (AvgIpc) is 3.15. The second-order valence-electron chi connectivity index (χ2n) is 8.38. The Bertz CT molecular complexity index is 1220. The molecule has 1 aliphatic heterocycles. The van der Waals surface area contributed by atoms with Crippen LogP contribution in [-0.2, 0) is 6.42 Å². The smallest absolute Gasteiger partial charge is 0.225 e. The van der Waals surface area contributed by atoms with E-state index in [4.69, 9.17) is 21.3 Å². The van der Waals surface area contributed by atoms with E-state index >= 15 is 0 Å². The predicted octanol–water partition coefficient (Wildman–Crippen LogP) is 6.79. The van der Waals surface area contributed by atoms with Gasteiger partial charge in [0.2, 0.25) is 5.28 Å². The number of fused-ring (bicyclic) bond motifs is 1. The van der Waals surface area contributed by atoms with Crippen LogP contribution in [0.15, 0.2) is 54.6 Å². The third kappa shape index (κ3) is 4.19. The standard InChI is InChI=1S/C26H26ClN3OS/c1-17-22(20-8-10-21(31-2)11-9-20)23-24(28-26(27)29-25(23)32-17)30-14-12-19(13-15-30)16-18-6-4-3-5-7-18/h3-11,19H,12-16H2,1-2H3. The molecule has 4 nitrogen and oxygen atoms in total. The first-order valence-corrected chi connectivity index (χ1v) is 12.2. The number of thiophene rings is 1. The summed E-state index contributed by atoms with van der Waals surface area (Å²) in [6.45, 7) is 4.11. The zero-order chi connectivity index (χ0) is 22.1. The van der Waals surface area contributed by atoms with Crippen molar-refractivity contribution < 1.29 is 4.74 Å². The van der Waals surface area contributed by atoms with Gasteiger partial charge in [0, 0.05) is 23.5 Å². The number of rotatable bonds is 5. The van der Waals surface area contributed by atoms with E-state index in [-0.39, 0.29) is 0 Å². The highest BCUT2D eigenvalue weighted by Gasteiger charge is 2.25. The third-order valence-corrected chi connectivity index (χ3v) is 7.51. The van der Waals surface area contributed by atoms with Gasteiger partial charge in [-0.05, 0) is 67.0 Å². The zero-order valence-corrected chi connectivity index (χ0v) is 19.9. The van der Waals surface area contributed by atoms with Crippen LogP contribution in [0.25, 0.3) is 21.3 Å². The Kier molecular flexibility index (Phi) is 6.03. The molecule has 2 aromatic carbocycles. The molecule has 164 valence electrons. The minimum atomic E-state index is 0.321. The fraction of sp³-hybridized carbons (Fsp3) is 0.308. The molecule has 6 heteroatoms. The van der Waals surface area contributed by atoms with Gasteiger partial charge in [-0.3, -0.25) is 0 Å². The van der Waals surface area contributed by atoms with Crippen LogP contribution >= 0.6 is 22.9 Å². The topological polar surface area (TPSA) is 38.3 Å². The average molecular weight is 464 g/mol.